The van der Waals surface area contributed by atoms with Gasteiger partial charge in [-0.1, -0.05) is 13.8 Å². The van der Waals surface area contributed by atoms with Crippen LogP contribution in [0.1, 0.15) is 26.7 Å². The molecule has 0 N–H and O–H groups in total. The van der Waals surface area contributed by atoms with E-state index in [0.717, 1.165) is 24.5 Å². The molecule has 0 radical (unpaired) electrons. The molecule has 1 aliphatic heterocycles. The van der Waals surface area contributed by atoms with Crippen molar-refractivity contribution in [2.45, 2.75) is 26.7 Å². The summed E-state index contributed by atoms with van der Waals surface area (Å²) in [4.78, 5) is 4.24. The Bertz CT molecular complexity index is 206. The van der Waals surface area contributed by atoms with E-state index in [2.05, 4.69) is 13.8 Å². The lowest BCUT2D eigenvalue weighted by Crippen LogP contribution is -2.08. The van der Waals surface area contributed by atoms with E-state index in [0.29, 0.717) is 0 Å². The summed E-state index contributed by atoms with van der Waals surface area (Å²) in [6, 6.07) is 0. The number of amidine groups is 2. The molecule has 0 fully saturated rings. The Kier molecular flexibility index (Phi) is 3.55. The lowest BCUT2D eigenvalue weighted by molar-refractivity contribution is 0.479. The highest BCUT2D eigenvalue weighted by Crippen LogP contribution is 2.06. The van der Waals surface area contributed by atoms with Crippen molar-refractivity contribution in [1.82, 2.24) is 0 Å². The van der Waals surface area contributed by atoms with E-state index in [4.69, 9.17) is 4.18 Å². The third-order valence-corrected chi connectivity index (χ3v) is 2.44. The largest absolute Gasteiger partial charge is 0.292 e. The maximum absolute atomic E-state index is 5.05. The van der Waals surface area contributed by atoms with Gasteiger partial charge in [0.15, 0.2) is 11.2 Å². The van der Waals surface area contributed by atoms with Gasteiger partial charge in [-0.2, -0.15) is 8.76 Å². The molecule has 0 aromatic rings. The molecule has 1 aliphatic rings. The highest BCUT2D eigenvalue weighted by Gasteiger charge is 2.06. The van der Waals surface area contributed by atoms with Crippen LogP contribution in [0.2, 0.25) is 0 Å². The standard InChI is InChI=1S/C7H13N3OS/c1-4-6-8-7(5-2)10-12(9-6)11-3/h4-5H2,1-3H3. The summed E-state index contributed by atoms with van der Waals surface area (Å²) < 4.78 is 13.4. The van der Waals surface area contributed by atoms with E-state index in [9.17, 15) is 0 Å². The predicted molar refractivity (Wildman–Crippen MR) is 52.3 cm³/mol. The molecule has 0 amide bonds. The second-order valence-corrected chi connectivity index (χ2v) is 3.39. The molecular formula is C7H13N3OS. The Balaban J connectivity index is 2.88. The van der Waals surface area contributed by atoms with Crippen molar-refractivity contribution in [2.24, 2.45) is 13.8 Å². The monoisotopic (exact) mass is 187 g/mol. The molecular weight excluding hydrogens is 174 g/mol. The molecule has 1 atom stereocenters. The van der Waals surface area contributed by atoms with E-state index in [1.54, 1.807) is 7.11 Å². The second-order valence-electron chi connectivity index (χ2n) is 2.23. The molecule has 1 heterocycles. The van der Waals surface area contributed by atoms with Crippen molar-refractivity contribution in [3.63, 3.8) is 0 Å². The minimum absolute atomic E-state index is 0.629. The number of aliphatic imine (C=N–C) groups is 1. The first-order valence-electron chi connectivity index (χ1n) is 3.96. The Hall–Kier alpha value is -0.550. The van der Waals surface area contributed by atoms with Gasteiger partial charge in [-0.15, -0.1) is 0 Å². The molecule has 0 bridgehead atoms. The van der Waals surface area contributed by atoms with Gasteiger partial charge >= 0.3 is 0 Å². The molecule has 0 aliphatic carbocycles. The molecule has 4 nitrogen and oxygen atoms in total. The highest BCUT2D eigenvalue weighted by atomic mass is 32.2. The quantitative estimate of drug-likeness (QED) is 0.665. The summed E-state index contributed by atoms with van der Waals surface area (Å²) in [7, 11) is 1.61. The summed E-state index contributed by atoms with van der Waals surface area (Å²) in [5.74, 6) is 1.68. The number of nitrogens with zero attached hydrogens (tertiary/aromatic N) is 3. The SMILES string of the molecule is CCC1=NC(CC)=NS(OC)=N1. The van der Waals surface area contributed by atoms with Crippen LogP contribution in [0, 0.1) is 0 Å². The van der Waals surface area contributed by atoms with E-state index in [1.165, 1.54) is 0 Å². The topological polar surface area (TPSA) is 46.3 Å². The van der Waals surface area contributed by atoms with E-state index >= 15 is 0 Å². The van der Waals surface area contributed by atoms with Gasteiger partial charge in [0, 0.05) is 12.8 Å². The summed E-state index contributed by atoms with van der Waals surface area (Å²) in [6.45, 7) is 4.05. The van der Waals surface area contributed by atoms with Crippen LogP contribution in [-0.2, 0) is 15.3 Å². The average molecular weight is 187 g/mol. The number of rotatable bonds is 3. The fraction of sp³-hybridized carbons (Fsp3) is 0.714. The molecule has 0 aromatic carbocycles. The van der Waals surface area contributed by atoms with Crippen LogP contribution in [0.15, 0.2) is 13.8 Å². The summed E-state index contributed by atoms with van der Waals surface area (Å²) in [5, 5.41) is 0. The molecule has 0 spiro atoms. The second kappa shape index (κ2) is 4.47. The Morgan fingerprint density at radius 2 is 1.92 bits per heavy atom. The van der Waals surface area contributed by atoms with Crippen LogP contribution in [0.5, 0.6) is 0 Å². The third kappa shape index (κ3) is 2.22. The van der Waals surface area contributed by atoms with Crippen molar-refractivity contribution in [3.8, 4) is 0 Å². The van der Waals surface area contributed by atoms with Crippen molar-refractivity contribution in [3.05, 3.63) is 0 Å². The van der Waals surface area contributed by atoms with Gasteiger partial charge in [0.1, 0.15) is 11.7 Å². The van der Waals surface area contributed by atoms with Gasteiger partial charge in [-0.3, -0.25) is 4.18 Å². The van der Waals surface area contributed by atoms with Crippen LogP contribution in [0.3, 0.4) is 0 Å². The summed E-state index contributed by atoms with van der Waals surface area (Å²) in [5.41, 5.74) is 0. The van der Waals surface area contributed by atoms with Crippen LogP contribution in [0.4, 0.5) is 0 Å². The van der Waals surface area contributed by atoms with Crippen molar-refractivity contribution >= 4 is 22.8 Å². The number of hydrogen-bond donors (Lipinski definition) is 0. The van der Waals surface area contributed by atoms with Crippen LogP contribution >= 0.6 is 0 Å². The average Bonchev–Trinajstić information content (AvgIpc) is 2.16. The fourth-order valence-corrected chi connectivity index (χ4v) is 1.64. The first-order valence-corrected chi connectivity index (χ1v) is 5.02. The Labute approximate surface area is 75.2 Å². The fourth-order valence-electron chi connectivity index (χ4n) is 0.752. The van der Waals surface area contributed by atoms with Gasteiger partial charge in [0.2, 0.25) is 0 Å². The lowest BCUT2D eigenvalue weighted by Gasteiger charge is -2.07. The molecule has 12 heavy (non-hydrogen) atoms. The zero-order valence-corrected chi connectivity index (χ0v) is 8.39. The smallest absolute Gasteiger partial charge is 0.165 e. The molecule has 5 heteroatoms. The molecule has 0 saturated heterocycles. The highest BCUT2D eigenvalue weighted by molar-refractivity contribution is 7.81. The normalized spacial score (nSPS) is 22.8. The van der Waals surface area contributed by atoms with E-state index in [1.807, 2.05) is 13.8 Å². The van der Waals surface area contributed by atoms with Gasteiger partial charge in [0.25, 0.3) is 0 Å². The van der Waals surface area contributed by atoms with E-state index < -0.39 is 11.2 Å². The Morgan fingerprint density at radius 3 is 2.42 bits per heavy atom. The maximum Gasteiger partial charge on any atom is 0.165 e. The molecule has 1 rings (SSSR count). The van der Waals surface area contributed by atoms with Gasteiger partial charge < -0.3 is 0 Å². The molecule has 68 valence electrons. The Morgan fingerprint density at radius 1 is 1.25 bits per heavy atom. The zero-order valence-electron chi connectivity index (χ0n) is 7.57. The maximum atomic E-state index is 5.05. The minimum atomic E-state index is -0.629. The molecule has 0 saturated carbocycles. The van der Waals surface area contributed by atoms with Crippen molar-refractivity contribution < 1.29 is 4.18 Å². The van der Waals surface area contributed by atoms with Crippen LogP contribution < -0.4 is 0 Å². The van der Waals surface area contributed by atoms with E-state index in [-0.39, 0.29) is 0 Å². The van der Waals surface area contributed by atoms with Crippen molar-refractivity contribution in [1.29, 1.82) is 0 Å². The van der Waals surface area contributed by atoms with Crippen molar-refractivity contribution in [2.75, 3.05) is 7.11 Å². The first kappa shape index (κ1) is 9.54. The zero-order chi connectivity index (χ0) is 8.97. The van der Waals surface area contributed by atoms with Gasteiger partial charge in [-0.25, -0.2) is 4.99 Å². The van der Waals surface area contributed by atoms with Crippen LogP contribution in [0.25, 0.3) is 0 Å². The predicted octanol–water partition coefficient (Wildman–Crippen LogP) is 1.90. The van der Waals surface area contributed by atoms with Crippen LogP contribution in [-0.4, -0.2) is 18.8 Å². The van der Waals surface area contributed by atoms with Gasteiger partial charge in [0.05, 0.1) is 7.11 Å². The minimum Gasteiger partial charge on any atom is -0.292 e. The number of hydrogen-bond acceptors (Lipinski definition) is 4. The first-order chi connectivity index (χ1) is 5.80. The lowest BCUT2D eigenvalue weighted by atomic mass is 10.4. The third-order valence-electron chi connectivity index (χ3n) is 1.41. The summed E-state index contributed by atoms with van der Waals surface area (Å²) in [6.07, 6.45) is 1.68. The summed E-state index contributed by atoms with van der Waals surface area (Å²) >= 11 is -0.629. The molecule has 0 aromatic heterocycles. The van der Waals surface area contributed by atoms with Gasteiger partial charge in [-0.05, 0) is 0 Å². The molecule has 1 unspecified atom stereocenters.